The van der Waals surface area contributed by atoms with Crippen LogP contribution in [0.2, 0.25) is 0 Å². The van der Waals surface area contributed by atoms with Crippen molar-refractivity contribution in [1.29, 1.82) is 0 Å². The number of cyclic esters (lactones) is 1. The van der Waals surface area contributed by atoms with Crippen LogP contribution in [0.3, 0.4) is 0 Å². The number of nitrogens with one attached hydrogen (secondary N) is 2. The molecule has 31 heavy (non-hydrogen) atoms. The fraction of sp³-hybridized carbons (Fsp3) is 0.125. The number of amides is 2. The molecule has 0 bridgehead atoms. The van der Waals surface area contributed by atoms with Crippen LogP contribution < -0.4 is 10.6 Å². The molecule has 3 aromatic rings. The van der Waals surface area contributed by atoms with Gasteiger partial charge in [0.1, 0.15) is 5.82 Å². The van der Waals surface area contributed by atoms with Crippen LogP contribution in [-0.4, -0.2) is 23.4 Å². The fourth-order valence-corrected chi connectivity index (χ4v) is 3.43. The number of hydrogen-bond acceptors (Lipinski definition) is 4. The zero-order chi connectivity index (χ0) is 22.0. The summed E-state index contributed by atoms with van der Waals surface area (Å²) in [6.07, 6.45) is 0.237. The third-order valence-corrected chi connectivity index (χ3v) is 5.03. The van der Waals surface area contributed by atoms with Gasteiger partial charge < -0.3 is 15.4 Å². The number of anilines is 2. The van der Waals surface area contributed by atoms with Crippen LogP contribution in [0.5, 0.6) is 0 Å². The van der Waals surface area contributed by atoms with Crippen molar-refractivity contribution in [2.45, 2.75) is 18.9 Å². The average Bonchev–Trinajstić information content (AvgIpc) is 2.74. The Morgan fingerprint density at radius 1 is 0.935 bits per heavy atom. The minimum Gasteiger partial charge on any atom is -0.445 e. The molecule has 1 aliphatic rings. The molecule has 6 nitrogen and oxygen atoms in total. The topological polar surface area (TPSA) is 84.5 Å². The van der Waals surface area contributed by atoms with Crippen LogP contribution in [-0.2, 0) is 16.0 Å². The molecule has 2 N–H and O–H groups in total. The first kappa shape index (κ1) is 20.3. The Balaban J connectivity index is 1.49. The summed E-state index contributed by atoms with van der Waals surface area (Å²) in [4.78, 5) is 37.7. The summed E-state index contributed by atoms with van der Waals surface area (Å²) in [5.74, 6) is -1.97. The molecule has 3 aromatic carbocycles. The Bertz CT molecular complexity index is 1190. The van der Waals surface area contributed by atoms with Gasteiger partial charge in [-0.2, -0.15) is 0 Å². The van der Waals surface area contributed by atoms with Crippen molar-refractivity contribution in [3.8, 4) is 0 Å². The molecule has 4 rings (SSSR count). The van der Waals surface area contributed by atoms with E-state index < -0.39 is 29.2 Å². The molecule has 1 heterocycles. The lowest BCUT2D eigenvalue weighted by Gasteiger charge is -2.33. The number of esters is 1. The molecule has 0 spiro atoms. The van der Waals surface area contributed by atoms with Crippen LogP contribution in [0.15, 0.2) is 72.8 Å². The second kappa shape index (κ2) is 8.02. The van der Waals surface area contributed by atoms with Gasteiger partial charge in [-0.15, -0.1) is 0 Å². The van der Waals surface area contributed by atoms with Gasteiger partial charge in [0, 0.05) is 23.4 Å². The Morgan fingerprint density at radius 3 is 2.42 bits per heavy atom. The number of carbonyl (C=O) groups excluding carboxylic acids is 3. The highest BCUT2D eigenvalue weighted by molar-refractivity contribution is 6.06. The quantitative estimate of drug-likeness (QED) is 0.623. The number of carbonyl (C=O) groups is 3. The molecule has 0 saturated carbocycles. The Kier molecular flexibility index (Phi) is 5.25. The summed E-state index contributed by atoms with van der Waals surface area (Å²) in [6.45, 7) is 1.55. The minimum absolute atomic E-state index is 0.237. The molecular formula is C24H19FN2O4. The van der Waals surface area contributed by atoms with Gasteiger partial charge in [0.05, 0.1) is 5.56 Å². The summed E-state index contributed by atoms with van der Waals surface area (Å²) in [6, 6.07) is 18.8. The largest absolute Gasteiger partial charge is 0.445 e. The number of halogens is 1. The number of benzene rings is 3. The Morgan fingerprint density at radius 2 is 1.65 bits per heavy atom. The summed E-state index contributed by atoms with van der Waals surface area (Å²) in [7, 11) is 0. The van der Waals surface area contributed by atoms with Crippen LogP contribution in [0.4, 0.5) is 15.8 Å². The van der Waals surface area contributed by atoms with Crippen molar-refractivity contribution < 1.29 is 23.5 Å². The van der Waals surface area contributed by atoms with Gasteiger partial charge in [-0.1, -0.05) is 30.3 Å². The highest BCUT2D eigenvalue weighted by Gasteiger charge is 2.42. The normalized spacial score (nSPS) is 17.3. The van der Waals surface area contributed by atoms with Gasteiger partial charge in [-0.05, 0) is 55.0 Å². The molecule has 1 unspecified atom stereocenters. The lowest BCUT2D eigenvalue weighted by molar-refractivity contribution is -0.134. The van der Waals surface area contributed by atoms with Crippen molar-refractivity contribution in [2.75, 3.05) is 10.6 Å². The van der Waals surface area contributed by atoms with E-state index in [1.165, 1.54) is 24.3 Å². The molecule has 0 radical (unpaired) electrons. The van der Waals surface area contributed by atoms with Gasteiger partial charge >= 0.3 is 5.97 Å². The molecule has 0 aromatic heterocycles. The van der Waals surface area contributed by atoms with Crippen LogP contribution in [0.1, 0.15) is 33.2 Å². The zero-order valence-electron chi connectivity index (χ0n) is 16.6. The number of rotatable bonds is 4. The average molecular weight is 418 g/mol. The smallest absolute Gasteiger partial charge is 0.339 e. The first-order valence-corrected chi connectivity index (χ1v) is 9.64. The van der Waals surface area contributed by atoms with E-state index in [9.17, 15) is 18.8 Å². The van der Waals surface area contributed by atoms with E-state index in [0.717, 1.165) is 5.56 Å². The second-order valence-electron chi connectivity index (χ2n) is 7.45. The van der Waals surface area contributed by atoms with E-state index in [0.29, 0.717) is 16.9 Å². The van der Waals surface area contributed by atoms with Gasteiger partial charge in [-0.3, -0.25) is 9.59 Å². The SMILES string of the molecule is CC1(C(=O)Nc2cccc(C(=O)Nc3cccc(F)c3)c2)Cc2ccccc2C(=O)O1. The van der Waals surface area contributed by atoms with Gasteiger partial charge in [0.15, 0.2) is 5.60 Å². The van der Waals surface area contributed by atoms with E-state index in [-0.39, 0.29) is 12.0 Å². The second-order valence-corrected chi connectivity index (χ2v) is 7.45. The van der Waals surface area contributed by atoms with E-state index >= 15 is 0 Å². The van der Waals surface area contributed by atoms with E-state index in [1.807, 2.05) is 0 Å². The molecule has 1 aliphatic heterocycles. The first-order valence-electron chi connectivity index (χ1n) is 9.64. The molecule has 0 fully saturated rings. The zero-order valence-corrected chi connectivity index (χ0v) is 16.6. The molecule has 7 heteroatoms. The lowest BCUT2D eigenvalue weighted by atomic mass is 9.89. The summed E-state index contributed by atoms with van der Waals surface area (Å²) >= 11 is 0. The van der Waals surface area contributed by atoms with Crippen LogP contribution in [0.25, 0.3) is 0 Å². The van der Waals surface area contributed by atoms with Crippen molar-refractivity contribution in [2.24, 2.45) is 0 Å². The maximum Gasteiger partial charge on any atom is 0.339 e. The number of fused-ring (bicyclic) bond motifs is 1. The summed E-state index contributed by atoms with van der Waals surface area (Å²) in [5.41, 5.74) is 0.764. The van der Waals surface area contributed by atoms with Crippen LogP contribution in [0, 0.1) is 5.82 Å². The van der Waals surface area contributed by atoms with E-state index in [4.69, 9.17) is 4.74 Å². The van der Waals surface area contributed by atoms with E-state index in [2.05, 4.69) is 10.6 Å². The van der Waals surface area contributed by atoms with Crippen molar-refractivity contribution in [3.05, 3.63) is 95.3 Å². The molecule has 0 aliphatic carbocycles. The van der Waals surface area contributed by atoms with Gasteiger partial charge in [0.25, 0.3) is 11.8 Å². The Hall–Kier alpha value is -4.00. The summed E-state index contributed by atoms with van der Waals surface area (Å²) in [5, 5.41) is 5.32. The molecule has 156 valence electrons. The predicted molar refractivity (Wildman–Crippen MR) is 113 cm³/mol. The third-order valence-electron chi connectivity index (χ3n) is 5.03. The van der Waals surface area contributed by atoms with Crippen molar-refractivity contribution >= 4 is 29.2 Å². The standard InChI is InChI=1S/C24H19FN2O4/c1-24(14-16-6-2-3-11-20(16)22(29)31-24)23(30)27-18-9-4-7-15(12-18)21(28)26-19-10-5-8-17(25)13-19/h2-13H,14H2,1H3,(H,26,28)(H,27,30). The number of ether oxygens (including phenoxy) is 1. The minimum atomic E-state index is -1.38. The monoisotopic (exact) mass is 418 g/mol. The van der Waals surface area contributed by atoms with Crippen molar-refractivity contribution in [3.63, 3.8) is 0 Å². The summed E-state index contributed by atoms with van der Waals surface area (Å²) < 4.78 is 18.8. The molecule has 0 saturated heterocycles. The van der Waals surface area contributed by atoms with Crippen molar-refractivity contribution in [1.82, 2.24) is 0 Å². The fourth-order valence-electron chi connectivity index (χ4n) is 3.43. The maximum atomic E-state index is 13.3. The Labute approximate surface area is 178 Å². The van der Waals surface area contributed by atoms with Gasteiger partial charge in [-0.25, -0.2) is 9.18 Å². The highest BCUT2D eigenvalue weighted by atomic mass is 19.1. The van der Waals surface area contributed by atoms with E-state index in [1.54, 1.807) is 55.5 Å². The molecule has 2 amide bonds. The molecule has 1 atom stereocenters. The van der Waals surface area contributed by atoms with Crippen LogP contribution >= 0.6 is 0 Å². The maximum absolute atomic E-state index is 13.3. The number of hydrogen-bond donors (Lipinski definition) is 2. The first-order chi connectivity index (χ1) is 14.8. The molecular weight excluding hydrogens is 399 g/mol. The predicted octanol–water partition coefficient (Wildman–Crippen LogP) is 4.19. The third kappa shape index (κ3) is 4.30. The highest BCUT2D eigenvalue weighted by Crippen LogP contribution is 2.29. The lowest BCUT2D eigenvalue weighted by Crippen LogP contribution is -2.48. The van der Waals surface area contributed by atoms with Gasteiger partial charge in [0.2, 0.25) is 0 Å².